The summed E-state index contributed by atoms with van der Waals surface area (Å²) in [6.07, 6.45) is 3.82. The average Bonchev–Trinajstić information content (AvgIpc) is 3.50. The molecule has 2 aliphatic heterocycles. The fourth-order valence-corrected chi connectivity index (χ4v) is 9.04. The van der Waals surface area contributed by atoms with E-state index >= 15 is 0 Å². The number of piperidine rings is 1. The molecule has 368 valence electrons. The van der Waals surface area contributed by atoms with E-state index in [0.29, 0.717) is 77.7 Å². The number of ether oxygens (including phenoxy) is 4. The lowest BCUT2D eigenvalue weighted by Crippen LogP contribution is -2.41. The number of hydrogen-bond acceptors (Lipinski definition) is 12. The third-order valence-corrected chi connectivity index (χ3v) is 13.0. The molecule has 3 heterocycles. The lowest BCUT2D eigenvalue weighted by molar-refractivity contribution is -0.125. The predicted molar refractivity (Wildman–Crippen MR) is 283 cm³/mol. The van der Waals surface area contributed by atoms with Gasteiger partial charge in [0, 0.05) is 68.2 Å². The molecular formula is C57H58N8O7. The molecule has 7 aromatic rings. The minimum atomic E-state index is -0.229. The largest absolute Gasteiger partial charge is 0.497 e. The first-order valence-corrected chi connectivity index (χ1v) is 24.1. The standard InChI is InChI=1S/C57H58N8O7/c1-6-71-52-35-43(22-25-48(52)61-57-59-36-50-53(62-57)63(2)49-14-8-7-13-46(49)56(68)64(50)3)65-30-27-39(28-31-65)54(66)58-29-10-32-72-44-23-17-38(18-24-44)37-15-20-42(21-16-37)60-55(67)41-19-26-51(70-5)47(34-41)40-11-9-12-45(33-40)69-4/h7-9,11-26,33-36,39H,6,10,27-32H2,1-5H3,(H,58,66)(H,60,67)(H,59,61,62). The Hall–Kier alpha value is -8.59. The summed E-state index contributed by atoms with van der Waals surface area (Å²) in [5.74, 6) is 3.42. The maximum Gasteiger partial charge on any atom is 0.260 e. The fraction of sp³-hybridized carbons (Fsp3) is 0.246. The number of hydrogen-bond donors (Lipinski definition) is 3. The first-order chi connectivity index (χ1) is 35.1. The lowest BCUT2D eigenvalue weighted by atomic mass is 9.95. The quantitative estimate of drug-likeness (QED) is 0.0743. The second kappa shape index (κ2) is 22.0. The molecule has 15 nitrogen and oxygen atoms in total. The number of aromatic nitrogens is 2. The molecule has 0 spiro atoms. The van der Waals surface area contributed by atoms with Gasteiger partial charge in [-0.1, -0.05) is 48.5 Å². The van der Waals surface area contributed by atoms with Gasteiger partial charge in [0.1, 0.15) is 28.7 Å². The van der Waals surface area contributed by atoms with Crippen LogP contribution in [0, 0.1) is 5.92 Å². The Balaban J connectivity index is 0.712. The zero-order valence-electron chi connectivity index (χ0n) is 41.1. The number of fused-ring (bicyclic) bond motifs is 2. The van der Waals surface area contributed by atoms with Crippen molar-refractivity contribution in [1.29, 1.82) is 0 Å². The highest BCUT2D eigenvalue weighted by molar-refractivity contribution is 6.13. The molecule has 3 amide bonds. The first kappa shape index (κ1) is 48.4. The number of carbonyl (C=O) groups is 3. The van der Waals surface area contributed by atoms with Gasteiger partial charge in [-0.05, 0) is 122 Å². The summed E-state index contributed by atoms with van der Waals surface area (Å²) in [7, 11) is 6.85. The number of amides is 3. The number of rotatable bonds is 17. The Labute approximate surface area is 419 Å². The van der Waals surface area contributed by atoms with Crippen LogP contribution >= 0.6 is 0 Å². The highest BCUT2D eigenvalue weighted by Gasteiger charge is 2.30. The molecule has 0 aliphatic carbocycles. The highest BCUT2D eigenvalue weighted by atomic mass is 16.5. The summed E-state index contributed by atoms with van der Waals surface area (Å²) in [4.78, 5) is 54.9. The Bertz CT molecular complexity index is 3070. The van der Waals surface area contributed by atoms with Gasteiger partial charge in [-0.2, -0.15) is 4.98 Å². The number of nitrogens with one attached hydrogen (secondary N) is 3. The monoisotopic (exact) mass is 966 g/mol. The molecule has 3 N–H and O–H groups in total. The van der Waals surface area contributed by atoms with Crippen molar-refractivity contribution >= 4 is 57.9 Å². The van der Waals surface area contributed by atoms with Gasteiger partial charge in [0.25, 0.3) is 11.8 Å². The van der Waals surface area contributed by atoms with Crippen LogP contribution in [0.15, 0.2) is 140 Å². The van der Waals surface area contributed by atoms with Crippen molar-refractivity contribution in [3.63, 3.8) is 0 Å². The Morgan fingerprint density at radius 1 is 0.708 bits per heavy atom. The van der Waals surface area contributed by atoms with Crippen LogP contribution in [-0.4, -0.2) is 88.9 Å². The van der Waals surface area contributed by atoms with Gasteiger partial charge in [-0.3, -0.25) is 14.4 Å². The van der Waals surface area contributed by atoms with Crippen LogP contribution in [0.5, 0.6) is 23.0 Å². The molecular weight excluding hydrogens is 909 g/mol. The average molecular weight is 967 g/mol. The lowest BCUT2D eigenvalue weighted by Gasteiger charge is -2.33. The highest BCUT2D eigenvalue weighted by Crippen LogP contribution is 2.40. The molecule has 1 saturated heterocycles. The second-order valence-electron chi connectivity index (χ2n) is 17.5. The summed E-state index contributed by atoms with van der Waals surface area (Å²) in [6.45, 7) is 4.89. The van der Waals surface area contributed by atoms with E-state index in [1.807, 2.05) is 140 Å². The van der Waals surface area contributed by atoms with E-state index in [-0.39, 0.29) is 23.6 Å². The summed E-state index contributed by atoms with van der Waals surface area (Å²) in [5.41, 5.74) is 8.57. The van der Waals surface area contributed by atoms with E-state index in [0.717, 1.165) is 71.0 Å². The Kier molecular flexibility index (Phi) is 14.8. The van der Waals surface area contributed by atoms with E-state index in [1.54, 1.807) is 44.5 Å². The van der Waals surface area contributed by atoms with Gasteiger partial charge in [0.2, 0.25) is 11.9 Å². The number of benzene rings is 6. The molecule has 2 aliphatic rings. The van der Waals surface area contributed by atoms with Gasteiger partial charge in [-0.15, -0.1) is 0 Å². The predicted octanol–water partition coefficient (Wildman–Crippen LogP) is 10.4. The van der Waals surface area contributed by atoms with E-state index in [1.165, 1.54) is 0 Å². The van der Waals surface area contributed by atoms with Crippen molar-refractivity contribution in [1.82, 2.24) is 15.3 Å². The van der Waals surface area contributed by atoms with Gasteiger partial charge in [0.15, 0.2) is 5.82 Å². The van der Waals surface area contributed by atoms with Crippen molar-refractivity contribution in [2.45, 2.75) is 26.2 Å². The molecule has 9 rings (SSSR count). The van der Waals surface area contributed by atoms with Crippen LogP contribution in [0.4, 0.5) is 40.2 Å². The Morgan fingerprint density at radius 3 is 2.22 bits per heavy atom. The molecule has 0 unspecified atom stereocenters. The first-order valence-electron chi connectivity index (χ1n) is 24.1. The third-order valence-electron chi connectivity index (χ3n) is 13.0. The van der Waals surface area contributed by atoms with Crippen molar-refractivity contribution < 1.29 is 33.3 Å². The van der Waals surface area contributed by atoms with Crippen LogP contribution in [0.2, 0.25) is 0 Å². The minimum Gasteiger partial charge on any atom is -0.497 e. The molecule has 1 fully saturated rings. The molecule has 0 atom stereocenters. The van der Waals surface area contributed by atoms with Crippen molar-refractivity contribution in [2.75, 3.05) is 86.5 Å². The van der Waals surface area contributed by atoms with Crippen LogP contribution in [0.1, 0.15) is 46.9 Å². The fourth-order valence-electron chi connectivity index (χ4n) is 9.04. The molecule has 0 bridgehead atoms. The maximum absolute atomic E-state index is 13.3. The van der Waals surface area contributed by atoms with E-state index < -0.39 is 0 Å². The smallest absolute Gasteiger partial charge is 0.260 e. The van der Waals surface area contributed by atoms with Gasteiger partial charge < -0.3 is 49.6 Å². The number of methoxy groups -OCH3 is 2. The van der Waals surface area contributed by atoms with Crippen molar-refractivity contribution in [2.24, 2.45) is 5.92 Å². The SMILES string of the molecule is CCOc1cc(N2CCC(C(=O)NCCCOc3ccc(-c4ccc(NC(=O)c5ccc(OC)c(-c6cccc(OC)c6)c5)cc4)cc3)CC2)ccc1Nc1ncc2c(n1)N(C)c1ccccc1C(=O)N2C. The zero-order chi connectivity index (χ0) is 50.1. The van der Waals surface area contributed by atoms with Crippen molar-refractivity contribution in [3.8, 4) is 45.3 Å². The summed E-state index contributed by atoms with van der Waals surface area (Å²) in [5, 5.41) is 9.47. The Morgan fingerprint density at radius 2 is 1.47 bits per heavy atom. The maximum atomic E-state index is 13.3. The van der Waals surface area contributed by atoms with Crippen LogP contribution < -0.4 is 49.6 Å². The van der Waals surface area contributed by atoms with Gasteiger partial charge in [0.05, 0.1) is 50.6 Å². The number of nitrogens with zero attached hydrogens (tertiary/aromatic N) is 5. The van der Waals surface area contributed by atoms with Crippen LogP contribution in [0.25, 0.3) is 22.3 Å². The normalized spacial score (nSPS) is 13.3. The van der Waals surface area contributed by atoms with Crippen LogP contribution in [0.3, 0.4) is 0 Å². The minimum absolute atomic E-state index is 0.0655. The van der Waals surface area contributed by atoms with Crippen molar-refractivity contribution in [3.05, 3.63) is 151 Å². The van der Waals surface area contributed by atoms with Gasteiger partial charge >= 0.3 is 0 Å². The van der Waals surface area contributed by atoms with E-state index in [9.17, 15) is 14.4 Å². The van der Waals surface area contributed by atoms with E-state index in [4.69, 9.17) is 23.9 Å². The third kappa shape index (κ3) is 10.7. The number of para-hydroxylation sites is 1. The summed E-state index contributed by atoms with van der Waals surface area (Å²) >= 11 is 0. The zero-order valence-corrected chi connectivity index (χ0v) is 41.1. The molecule has 15 heteroatoms. The molecule has 72 heavy (non-hydrogen) atoms. The molecule has 0 radical (unpaired) electrons. The van der Waals surface area contributed by atoms with Gasteiger partial charge in [-0.25, -0.2) is 4.98 Å². The molecule has 1 aromatic heterocycles. The number of anilines is 7. The van der Waals surface area contributed by atoms with Crippen LogP contribution in [-0.2, 0) is 4.79 Å². The molecule has 6 aromatic carbocycles. The number of carbonyl (C=O) groups excluding carboxylic acids is 3. The second-order valence-corrected chi connectivity index (χ2v) is 17.5. The summed E-state index contributed by atoms with van der Waals surface area (Å²) in [6, 6.07) is 42.1. The van der Waals surface area contributed by atoms with E-state index in [2.05, 4.69) is 25.8 Å². The molecule has 0 saturated carbocycles. The summed E-state index contributed by atoms with van der Waals surface area (Å²) < 4.78 is 23.1. The topological polar surface area (TPSA) is 160 Å².